The van der Waals surface area contributed by atoms with Crippen molar-refractivity contribution in [2.75, 3.05) is 83.9 Å². The van der Waals surface area contributed by atoms with Gasteiger partial charge in [-0.3, -0.25) is 24.1 Å². The number of carbonyl (C=O) groups excluding carboxylic acids is 5. The van der Waals surface area contributed by atoms with Crippen LogP contribution in [0.25, 0.3) is 0 Å². The maximum absolute atomic E-state index is 12.8. The van der Waals surface area contributed by atoms with E-state index in [1.807, 2.05) is 47.8 Å². The molecule has 1 aromatic rings. The molecule has 0 bridgehead atoms. The number of ether oxygens (including phenoxy) is 3. The van der Waals surface area contributed by atoms with E-state index < -0.39 is 18.1 Å². The molecular formula is C51H81F3N8O12S2. The van der Waals surface area contributed by atoms with Gasteiger partial charge >= 0.3 is 30.2 Å². The van der Waals surface area contributed by atoms with E-state index in [-0.39, 0.29) is 67.0 Å². The number of carbonyl (C=O) groups is 7. The molecule has 4 fully saturated rings. The number of thioether (sulfide) groups is 2. The predicted molar refractivity (Wildman–Crippen MR) is 283 cm³/mol. The monoisotopic (exact) mass is 1120 g/mol. The lowest BCUT2D eigenvalue weighted by atomic mass is 10.0. The predicted octanol–water partition coefficient (Wildman–Crippen LogP) is 5.18. The van der Waals surface area contributed by atoms with Crippen LogP contribution in [0.1, 0.15) is 125 Å². The van der Waals surface area contributed by atoms with Crippen molar-refractivity contribution in [3.63, 3.8) is 0 Å². The van der Waals surface area contributed by atoms with Crippen molar-refractivity contribution in [3.05, 3.63) is 35.4 Å². The second-order valence-corrected chi connectivity index (χ2v) is 21.8. The quantitative estimate of drug-likeness (QED) is 0.0304. The Morgan fingerprint density at radius 1 is 0.579 bits per heavy atom. The van der Waals surface area contributed by atoms with Crippen molar-refractivity contribution in [1.29, 1.82) is 0 Å². The van der Waals surface area contributed by atoms with Crippen LogP contribution in [0.5, 0.6) is 0 Å². The number of carboxylic acids is 2. The van der Waals surface area contributed by atoms with E-state index in [9.17, 15) is 41.9 Å². The third-order valence-electron chi connectivity index (χ3n) is 13.2. The minimum atomic E-state index is -5.08. The van der Waals surface area contributed by atoms with Gasteiger partial charge in [0.2, 0.25) is 11.8 Å². The molecule has 6 atom stereocenters. The molecule has 0 radical (unpaired) electrons. The number of unbranched alkanes of at least 4 members (excludes halogenated alkanes) is 8. The molecule has 0 saturated carbocycles. The summed E-state index contributed by atoms with van der Waals surface area (Å²) in [5.41, 5.74) is 1.74. The fourth-order valence-electron chi connectivity index (χ4n) is 9.14. The molecule has 76 heavy (non-hydrogen) atoms. The molecule has 4 saturated heterocycles. The number of alkyl halides is 3. The Morgan fingerprint density at radius 3 is 1.51 bits per heavy atom. The second kappa shape index (κ2) is 36.5. The first kappa shape index (κ1) is 64.0. The highest BCUT2D eigenvalue weighted by molar-refractivity contribution is 8.00. The van der Waals surface area contributed by atoms with Gasteiger partial charge in [-0.1, -0.05) is 50.7 Å². The standard InChI is InChI=1S/C49H80N8O10S2.C2HF3O2/c58-42(15-7-5-13-40-45-38(34-68-40)53-48(63)55-45)50-22-9-1-3-11-25-57(26-12-4-2-10-23-51-43(59)16-8-6-14-41-46-39(35-69-41)54-49(64)56-46)33-36-17-19-37(20-18-36)47(62)52-24-28-66-30-32-67-31-29-65-27-21-44(60)61;3-2(4,5)1(6)7/h17-20,38-41,45-46H,1-16,21-35H2,(H,50,58)(H,51,59)(H,52,62)(H,60,61)(H2,53,55,63)(H2,54,56,64);(H,6,7)/t38-,39-,40-,41-,45-,46-;/m0./s1. The lowest BCUT2D eigenvalue weighted by Gasteiger charge is -2.23. The minimum Gasteiger partial charge on any atom is -0.481 e. The van der Waals surface area contributed by atoms with Crippen LogP contribution in [0, 0.1) is 0 Å². The number of amides is 7. The van der Waals surface area contributed by atoms with E-state index in [1.165, 1.54) is 0 Å². The number of halogens is 3. The summed E-state index contributed by atoms with van der Waals surface area (Å²) in [4.78, 5) is 82.9. The number of rotatable bonds is 39. The molecule has 0 spiro atoms. The van der Waals surface area contributed by atoms with E-state index in [2.05, 4.69) is 42.1 Å². The number of urea groups is 2. The molecule has 4 heterocycles. The number of benzene rings is 1. The van der Waals surface area contributed by atoms with E-state index >= 15 is 0 Å². The van der Waals surface area contributed by atoms with Crippen molar-refractivity contribution in [2.24, 2.45) is 0 Å². The van der Waals surface area contributed by atoms with Crippen LogP contribution in [-0.2, 0) is 39.9 Å². The maximum Gasteiger partial charge on any atom is 0.490 e. The highest BCUT2D eigenvalue weighted by atomic mass is 32.2. The molecule has 4 aliphatic rings. The number of aliphatic carboxylic acids is 2. The van der Waals surface area contributed by atoms with Gasteiger partial charge in [0.1, 0.15) is 0 Å². The fraction of sp³-hybridized carbons (Fsp3) is 0.745. The summed E-state index contributed by atoms with van der Waals surface area (Å²) in [5.74, 6) is -1.66. The van der Waals surface area contributed by atoms with Gasteiger partial charge in [-0.25, -0.2) is 14.4 Å². The number of hydrogen-bond donors (Lipinski definition) is 9. The lowest BCUT2D eigenvalue weighted by Crippen LogP contribution is -2.36. The summed E-state index contributed by atoms with van der Waals surface area (Å²) in [7, 11) is 0. The first-order valence-electron chi connectivity index (χ1n) is 26.8. The van der Waals surface area contributed by atoms with E-state index in [4.69, 9.17) is 29.2 Å². The SMILES string of the molecule is O=C(O)C(F)(F)F.O=C(O)CCOCCOCCOCCNC(=O)c1ccc(CN(CCCCCCNC(=O)CCCC[C@@H]2SC[C@@H]3NC(=O)N[C@@H]32)CCCCCCNC(=O)CCCC[C@@H]2SC[C@@H]3NC(=O)N[C@@H]32)cc1. The van der Waals surface area contributed by atoms with E-state index in [0.29, 0.717) is 81.6 Å². The number of nitrogens with zero attached hydrogens (tertiary/aromatic N) is 1. The molecule has 25 heteroatoms. The molecular weight excluding hydrogens is 1040 g/mol. The van der Waals surface area contributed by atoms with Crippen molar-refractivity contribution in [1.82, 2.24) is 42.1 Å². The largest absolute Gasteiger partial charge is 0.490 e. The first-order chi connectivity index (χ1) is 36.6. The molecule has 4 aliphatic heterocycles. The Morgan fingerprint density at radius 2 is 1.04 bits per heavy atom. The molecule has 7 amide bonds. The van der Waals surface area contributed by atoms with Gasteiger partial charge < -0.3 is 61.6 Å². The topological polar surface area (TPSA) is 275 Å². The van der Waals surface area contributed by atoms with E-state index in [0.717, 1.165) is 127 Å². The molecule has 430 valence electrons. The van der Waals surface area contributed by atoms with Gasteiger partial charge in [0.15, 0.2) is 0 Å². The van der Waals surface area contributed by atoms with Crippen molar-refractivity contribution in [2.45, 2.75) is 157 Å². The Bertz CT molecular complexity index is 1860. The Balaban J connectivity index is 0.00000166. The Hall–Kier alpha value is -4.56. The smallest absolute Gasteiger partial charge is 0.481 e. The summed E-state index contributed by atoms with van der Waals surface area (Å²) in [6.45, 7) is 6.43. The zero-order valence-electron chi connectivity index (χ0n) is 43.6. The van der Waals surface area contributed by atoms with E-state index in [1.54, 1.807) is 0 Å². The molecule has 5 rings (SSSR count). The summed E-state index contributed by atoms with van der Waals surface area (Å²) in [6, 6.07) is 8.56. The minimum absolute atomic E-state index is 0.0317. The molecule has 0 unspecified atom stereocenters. The van der Waals surface area contributed by atoms with Crippen LogP contribution < -0.4 is 37.2 Å². The second-order valence-electron chi connectivity index (χ2n) is 19.3. The molecule has 1 aromatic carbocycles. The highest BCUT2D eigenvalue weighted by Crippen LogP contribution is 2.34. The third kappa shape index (κ3) is 26.7. The zero-order valence-corrected chi connectivity index (χ0v) is 45.2. The van der Waals surface area contributed by atoms with Gasteiger partial charge in [0.05, 0.1) is 70.2 Å². The highest BCUT2D eigenvalue weighted by Gasteiger charge is 2.43. The maximum atomic E-state index is 12.8. The van der Waals surface area contributed by atoms with Crippen LogP contribution in [0.3, 0.4) is 0 Å². The van der Waals surface area contributed by atoms with Crippen LogP contribution in [-0.4, -0.2) is 182 Å². The van der Waals surface area contributed by atoms with Crippen LogP contribution in [0.15, 0.2) is 24.3 Å². The van der Waals surface area contributed by atoms with Crippen molar-refractivity contribution >= 4 is 65.2 Å². The molecule has 0 aromatic heterocycles. The van der Waals surface area contributed by atoms with Crippen molar-refractivity contribution in [3.8, 4) is 0 Å². The van der Waals surface area contributed by atoms with Crippen LogP contribution in [0.4, 0.5) is 22.8 Å². The van der Waals surface area contributed by atoms with Gasteiger partial charge in [-0.2, -0.15) is 36.7 Å². The third-order valence-corrected chi connectivity index (χ3v) is 16.2. The van der Waals surface area contributed by atoms with Gasteiger partial charge in [0, 0.05) is 66.6 Å². The van der Waals surface area contributed by atoms with Gasteiger partial charge in [-0.05, 0) is 82.2 Å². The Kier molecular flexibility index (Phi) is 30.7. The van der Waals surface area contributed by atoms with Crippen molar-refractivity contribution < 1.29 is 71.2 Å². The average molecular weight is 1120 g/mol. The summed E-state index contributed by atoms with van der Waals surface area (Å²) >= 11 is 3.83. The van der Waals surface area contributed by atoms with Crippen LogP contribution >= 0.6 is 23.5 Å². The first-order valence-corrected chi connectivity index (χ1v) is 28.9. The van der Waals surface area contributed by atoms with Crippen LogP contribution in [0.2, 0.25) is 0 Å². The number of fused-ring (bicyclic) bond motifs is 2. The van der Waals surface area contributed by atoms with Gasteiger partial charge in [-0.15, -0.1) is 0 Å². The number of carboxylic acid groups (broad SMARTS) is 2. The summed E-state index contributed by atoms with van der Waals surface area (Å²) in [6.07, 6.45) is 9.97. The Labute approximate surface area is 452 Å². The molecule has 20 nitrogen and oxygen atoms in total. The normalized spacial score (nSPS) is 20.4. The fourth-order valence-corrected chi connectivity index (χ4v) is 12.2. The lowest BCUT2D eigenvalue weighted by molar-refractivity contribution is -0.192. The number of nitrogens with one attached hydrogen (secondary N) is 7. The van der Waals surface area contributed by atoms with Gasteiger partial charge in [0.25, 0.3) is 5.91 Å². The zero-order chi connectivity index (χ0) is 55.0. The summed E-state index contributed by atoms with van der Waals surface area (Å²) in [5, 5.41) is 37.7. The average Bonchev–Trinajstić information content (AvgIpc) is 4.15. The number of hydrogen-bond acceptors (Lipinski definition) is 13. The summed E-state index contributed by atoms with van der Waals surface area (Å²) < 4.78 is 47.9. The molecule has 0 aliphatic carbocycles. The molecule has 9 N–H and O–H groups in total.